The van der Waals surface area contributed by atoms with Crippen LogP contribution in [-0.2, 0) is 17.9 Å². The molecule has 1 aromatic carbocycles. The van der Waals surface area contributed by atoms with E-state index in [2.05, 4.69) is 42.1 Å². The maximum absolute atomic E-state index is 12.9. The van der Waals surface area contributed by atoms with Crippen LogP contribution >= 0.6 is 0 Å². The number of aromatic nitrogens is 3. The van der Waals surface area contributed by atoms with E-state index in [1.807, 2.05) is 27.8 Å². The van der Waals surface area contributed by atoms with Gasteiger partial charge < -0.3 is 9.47 Å². The summed E-state index contributed by atoms with van der Waals surface area (Å²) in [5, 5.41) is 4.95. The van der Waals surface area contributed by atoms with Crippen molar-refractivity contribution in [1.29, 1.82) is 0 Å². The molecule has 3 heterocycles. The van der Waals surface area contributed by atoms with Crippen molar-refractivity contribution in [3.05, 3.63) is 65.6 Å². The molecule has 3 aromatic rings. The van der Waals surface area contributed by atoms with E-state index in [0.29, 0.717) is 19.5 Å². The van der Waals surface area contributed by atoms with Gasteiger partial charge in [0, 0.05) is 24.4 Å². The molecule has 1 saturated carbocycles. The molecule has 1 aliphatic carbocycles. The van der Waals surface area contributed by atoms with Gasteiger partial charge in [0.05, 0.1) is 24.5 Å². The van der Waals surface area contributed by atoms with E-state index >= 15 is 0 Å². The summed E-state index contributed by atoms with van der Waals surface area (Å²) in [5.41, 5.74) is 4.46. The van der Waals surface area contributed by atoms with Gasteiger partial charge in [-0.1, -0.05) is 43.9 Å². The monoisotopic (exact) mass is 388 g/mol. The lowest BCUT2D eigenvalue weighted by molar-refractivity contribution is -0.132. The van der Waals surface area contributed by atoms with Gasteiger partial charge in [-0.25, -0.2) is 4.68 Å². The summed E-state index contributed by atoms with van der Waals surface area (Å²) < 4.78 is 4.16. The molecule has 0 bridgehead atoms. The quantitative estimate of drug-likeness (QED) is 0.631. The molecule has 5 heteroatoms. The van der Waals surface area contributed by atoms with Crippen LogP contribution in [0.25, 0.3) is 11.5 Å². The molecule has 150 valence electrons. The van der Waals surface area contributed by atoms with E-state index in [0.717, 1.165) is 29.5 Å². The number of hydrogen-bond acceptors (Lipinski definition) is 2. The summed E-state index contributed by atoms with van der Waals surface area (Å²) in [6, 6.07) is 12.4. The molecule has 0 atom stereocenters. The number of carbonyl (C=O) groups is 1. The van der Waals surface area contributed by atoms with Crippen molar-refractivity contribution < 1.29 is 4.79 Å². The Balaban J connectivity index is 1.42. The number of benzene rings is 1. The first-order valence-corrected chi connectivity index (χ1v) is 10.8. The number of aryl methyl sites for hydroxylation is 1. The van der Waals surface area contributed by atoms with Gasteiger partial charge >= 0.3 is 0 Å². The SMILES string of the molecule is Cc1ccccc1-n1nc2c(c1-n1cccc1)CN(C(=O)CCC1CCCC1)C2. The van der Waals surface area contributed by atoms with Crippen LogP contribution in [0.5, 0.6) is 0 Å². The topological polar surface area (TPSA) is 43.1 Å². The summed E-state index contributed by atoms with van der Waals surface area (Å²) >= 11 is 0. The molecular formula is C24H28N4O. The normalized spacial score (nSPS) is 16.5. The first-order valence-electron chi connectivity index (χ1n) is 10.8. The zero-order chi connectivity index (χ0) is 19.8. The minimum Gasteiger partial charge on any atom is -0.332 e. The van der Waals surface area contributed by atoms with E-state index in [9.17, 15) is 4.79 Å². The first kappa shape index (κ1) is 18.2. The van der Waals surface area contributed by atoms with E-state index < -0.39 is 0 Å². The number of amides is 1. The lowest BCUT2D eigenvalue weighted by atomic mass is 10.0. The van der Waals surface area contributed by atoms with Gasteiger partial charge in [-0.05, 0) is 43.0 Å². The van der Waals surface area contributed by atoms with Gasteiger partial charge in [0.15, 0.2) is 0 Å². The van der Waals surface area contributed by atoms with Crippen molar-refractivity contribution in [2.75, 3.05) is 0 Å². The Hall–Kier alpha value is -2.82. The fourth-order valence-corrected chi connectivity index (χ4v) is 4.87. The fourth-order valence-electron chi connectivity index (χ4n) is 4.87. The van der Waals surface area contributed by atoms with E-state index in [1.165, 1.54) is 36.8 Å². The van der Waals surface area contributed by atoms with Crippen LogP contribution in [0, 0.1) is 12.8 Å². The molecule has 2 aliphatic rings. The minimum atomic E-state index is 0.274. The highest BCUT2D eigenvalue weighted by Crippen LogP contribution is 2.33. The fraction of sp³-hybridized carbons (Fsp3) is 0.417. The molecule has 0 N–H and O–H groups in total. The highest BCUT2D eigenvalue weighted by molar-refractivity contribution is 5.77. The summed E-state index contributed by atoms with van der Waals surface area (Å²) in [6.45, 7) is 3.38. The number of rotatable bonds is 5. The summed E-state index contributed by atoms with van der Waals surface area (Å²) in [7, 11) is 0. The van der Waals surface area contributed by atoms with Crippen molar-refractivity contribution in [1.82, 2.24) is 19.2 Å². The van der Waals surface area contributed by atoms with Crippen molar-refractivity contribution in [3.63, 3.8) is 0 Å². The first-order chi connectivity index (χ1) is 14.2. The Kier molecular flexibility index (Phi) is 4.74. The zero-order valence-electron chi connectivity index (χ0n) is 17.1. The molecule has 1 aliphatic heterocycles. The summed E-state index contributed by atoms with van der Waals surface area (Å²) in [6.07, 6.45) is 11.1. The number of hydrogen-bond donors (Lipinski definition) is 0. The standard InChI is InChI=1S/C24H28N4O/c1-18-8-2-5-11-22(18)28-24(26-14-6-7-15-26)20-16-27(17-21(20)25-28)23(29)13-12-19-9-3-4-10-19/h2,5-8,11,14-15,19H,3-4,9-10,12-13,16-17H2,1H3. The van der Waals surface area contributed by atoms with Crippen LogP contribution in [0.3, 0.4) is 0 Å². The average molecular weight is 389 g/mol. The third-order valence-corrected chi connectivity index (χ3v) is 6.52. The molecule has 1 fully saturated rings. The second-order valence-corrected chi connectivity index (χ2v) is 8.48. The minimum absolute atomic E-state index is 0.274. The molecule has 0 saturated heterocycles. The summed E-state index contributed by atoms with van der Waals surface area (Å²) in [5.74, 6) is 2.07. The van der Waals surface area contributed by atoms with Crippen molar-refractivity contribution >= 4 is 5.91 Å². The Morgan fingerprint density at radius 3 is 2.59 bits per heavy atom. The van der Waals surface area contributed by atoms with Gasteiger partial charge in [-0.3, -0.25) is 4.79 Å². The van der Waals surface area contributed by atoms with Crippen molar-refractivity contribution in [2.24, 2.45) is 5.92 Å². The van der Waals surface area contributed by atoms with Crippen LogP contribution in [-0.4, -0.2) is 25.2 Å². The van der Waals surface area contributed by atoms with Crippen LogP contribution in [0.4, 0.5) is 0 Å². The molecule has 5 rings (SSSR count). The van der Waals surface area contributed by atoms with Gasteiger partial charge in [-0.2, -0.15) is 5.10 Å². The van der Waals surface area contributed by atoms with E-state index in [1.54, 1.807) is 0 Å². The van der Waals surface area contributed by atoms with E-state index in [4.69, 9.17) is 5.10 Å². The van der Waals surface area contributed by atoms with Crippen molar-refractivity contribution in [2.45, 2.75) is 58.5 Å². The number of fused-ring (bicyclic) bond motifs is 1. The van der Waals surface area contributed by atoms with Gasteiger partial charge in [-0.15, -0.1) is 0 Å². The second kappa shape index (κ2) is 7.54. The Labute approximate surface area is 171 Å². The highest BCUT2D eigenvalue weighted by Gasteiger charge is 2.31. The predicted molar refractivity (Wildman–Crippen MR) is 113 cm³/mol. The number of nitrogens with zero attached hydrogens (tertiary/aromatic N) is 4. The largest absolute Gasteiger partial charge is 0.332 e. The Morgan fingerprint density at radius 1 is 1.07 bits per heavy atom. The maximum atomic E-state index is 12.9. The molecule has 0 unspecified atom stereocenters. The zero-order valence-corrected chi connectivity index (χ0v) is 17.1. The van der Waals surface area contributed by atoms with Crippen LogP contribution in [0.15, 0.2) is 48.8 Å². The molecule has 2 aromatic heterocycles. The molecule has 29 heavy (non-hydrogen) atoms. The summed E-state index contributed by atoms with van der Waals surface area (Å²) in [4.78, 5) is 14.8. The third-order valence-electron chi connectivity index (χ3n) is 6.52. The maximum Gasteiger partial charge on any atom is 0.223 e. The van der Waals surface area contributed by atoms with Crippen LogP contribution in [0.2, 0.25) is 0 Å². The second-order valence-electron chi connectivity index (χ2n) is 8.48. The lowest BCUT2D eigenvalue weighted by Gasteiger charge is -2.19. The van der Waals surface area contributed by atoms with Gasteiger partial charge in [0.2, 0.25) is 5.91 Å². The Bertz CT molecular complexity index is 1010. The van der Waals surface area contributed by atoms with Crippen LogP contribution < -0.4 is 0 Å². The number of para-hydroxylation sites is 1. The number of carbonyl (C=O) groups excluding carboxylic acids is 1. The van der Waals surface area contributed by atoms with Crippen LogP contribution in [0.1, 0.15) is 55.3 Å². The molecule has 0 radical (unpaired) electrons. The highest BCUT2D eigenvalue weighted by atomic mass is 16.2. The Morgan fingerprint density at radius 2 is 1.83 bits per heavy atom. The molecule has 1 amide bonds. The smallest absolute Gasteiger partial charge is 0.223 e. The van der Waals surface area contributed by atoms with Crippen molar-refractivity contribution in [3.8, 4) is 11.5 Å². The van der Waals surface area contributed by atoms with Gasteiger partial charge in [0.1, 0.15) is 5.82 Å². The third kappa shape index (κ3) is 3.39. The molecule has 5 nitrogen and oxygen atoms in total. The predicted octanol–water partition coefficient (Wildman–Crippen LogP) is 4.78. The van der Waals surface area contributed by atoms with E-state index in [-0.39, 0.29) is 5.91 Å². The average Bonchev–Trinajstić information content (AvgIpc) is 3.50. The molecule has 0 spiro atoms. The lowest BCUT2D eigenvalue weighted by Crippen LogP contribution is -2.26. The van der Waals surface area contributed by atoms with Gasteiger partial charge in [0.25, 0.3) is 0 Å². The molecular weight excluding hydrogens is 360 g/mol.